The van der Waals surface area contributed by atoms with Crippen molar-refractivity contribution in [1.82, 2.24) is 10.2 Å². The third-order valence-corrected chi connectivity index (χ3v) is 8.01. The molecule has 34 heavy (non-hydrogen) atoms. The van der Waals surface area contributed by atoms with Gasteiger partial charge in [0.05, 0.1) is 6.04 Å². The van der Waals surface area contributed by atoms with Gasteiger partial charge in [-0.25, -0.2) is 9.79 Å². The van der Waals surface area contributed by atoms with Crippen molar-refractivity contribution in [3.8, 4) is 0 Å². The predicted octanol–water partition coefficient (Wildman–Crippen LogP) is 5.49. The average Bonchev–Trinajstić information content (AvgIpc) is 2.84. The molecule has 3 rings (SSSR count). The van der Waals surface area contributed by atoms with Gasteiger partial charge in [-0.1, -0.05) is 44.9 Å². The molecule has 0 heterocycles. The van der Waals surface area contributed by atoms with Gasteiger partial charge in [0.15, 0.2) is 5.96 Å². The van der Waals surface area contributed by atoms with E-state index in [1.165, 1.54) is 43.4 Å². The molecule has 2 aliphatic carbocycles. The zero-order valence-corrected chi connectivity index (χ0v) is 22.5. The van der Waals surface area contributed by atoms with Crippen LogP contribution in [0.5, 0.6) is 0 Å². The highest BCUT2D eigenvalue weighted by Crippen LogP contribution is 2.32. The van der Waals surface area contributed by atoms with Crippen molar-refractivity contribution in [3.05, 3.63) is 27.8 Å². The maximum atomic E-state index is 12.5. The maximum Gasteiger partial charge on any atom is 0.319 e. The number of halogens is 1. The van der Waals surface area contributed by atoms with Crippen LogP contribution in [0.25, 0.3) is 0 Å². The summed E-state index contributed by atoms with van der Waals surface area (Å²) in [5.74, 6) is 1.58. The zero-order valence-electron chi connectivity index (χ0n) is 20.3. The largest absolute Gasteiger partial charge is 0.369 e. The SMILES string of the molecule is CN(C=O)C(N)=N[C@H](CCC1CCCCC1)C[C@H]1CCC[C@@H](NC(=O)Nc2ccc(I)cc2)C1. The molecule has 3 amide bonds. The van der Waals surface area contributed by atoms with Crippen molar-refractivity contribution < 1.29 is 9.59 Å². The first-order valence-corrected chi connectivity index (χ1v) is 13.8. The molecule has 0 aromatic heterocycles. The van der Waals surface area contributed by atoms with Gasteiger partial charge in [0.2, 0.25) is 6.41 Å². The summed E-state index contributed by atoms with van der Waals surface area (Å²) < 4.78 is 1.14. The topological polar surface area (TPSA) is 99.8 Å². The van der Waals surface area contributed by atoms with Gasteiger partial charge >= 0.3 is 6.03 Å². The summed E-state index contributed by atoms with van der Waals surface area (Å²) in [6.45, 7) is 0. The molecule has 2 aliphatic rings. The van der Waals surface area contributed by atoms with Gasteiger partial charge in [-0.15, -0.1) is 0 Å². The number of rotatable bonds is 9. The summed E-state index contributed by atoms with van der Waals surface area (Å²) in [6, 6.07) is 7.94. The number of hydrogen-bond acceptors (Lipinski definition) is 3. The van der Waals surface area contributed by atoms with E-state index in [-0.39, 0.29) is 18.1 Å². The molecule has 0 spiro atoms. The molecule has 0 aliphatic heterocycles. The van der Waals surface area contributed by atoms with Crippen LogP contribution in [0.1, 0.15) is 77.0 Å². The van der Waals surface area contributed by atoms with E-state index in [1.54, 1.807) is 7.05 Å². The lowest BCUT2D eigenvalue weighted by molar-refractivity contribution is -0.114. The highest BCUT2D eigenvalue weighted by Gasteiger charge is 2.26. The molecule has 2 saturated carbocycles. The Labute approximate surface area is 217 Å². The number of benzene rings is 1. The van der Waals surface area contributed by atoms with E-state index in [0.717, 1.165) is 53.7 Å². The van der Waals surface area contributed by atoms with Crippen molar-refractivity contribution in [2.75, 3.05) is 12.4 Å². The minimum absolute atomic E-state index is 0.119. The molecule has 188 valence electrons. The molecule has 1 aromatic rings. The van der Waals surface area contributed by atoms with Crippen LogP contribution in [-0.2, 0) is 4.79 Å². The number of nitrogens with one attached hydrogen (secondary N) is 2. The Balaban J connectivity index is 1.54. The van der Waals surface area contributed by atoms with Gasteiger partial charge < -0.3 is 16.4 Å². The van der Waals surface area contributed by atoms with Gasteiger partial charge in [0, 0.05) is 22.3 Å². The minimum Gasteiger partial charge on any atom is -0.369 e. The standard InChI is InChI=1S/C26H40IN5O2/c1-32(18-33)25(28)29-24(13-10-19-6-3-2-4-7-19)17-20-8-5-9-23(16-20)31-26(34)30-22-14-11-21(27)12-15-22/h11-12,14-15,18-20,23-24H,2-10,13,16-17H2,1H3,(H2,28,29)(H2,30,31,34)/t20-,23+,24+/m0/s1. The summed E-state index contributed by atoms with van der Waals surface area (Å²) in [4.78, 5) is 29.8. The Bertz CT molecular complexity index is 810. The van der Waals surface area contributed by atoms with E-state index >= 15 is 0 Å². The molecular weight excluding hydrogens is 541 g/mol. The molecule has 0 unspecified atom stereocenters. The number of aliphatic imine (C=N–C) groups is 1. The Morgan fingerprint density at radius 2 is 1.85 bits per heavy atom. The number of carbonyl (C=O) groups excluding carboxylic acids is 2. The smallest absolute Gasteiger partial charge is 0.319 e. The molecule has 3 atom stereocenters. The van der Waals surface area contributed by atoms with E-state index in [2.05, 4.69) is 33.2 Å². The first kappa shape index (κ1) is 26.8. The molecule has 2 fully saturated rings. The van der Waals surface area contributed by atoms with E-state index in [9.17, 15) is 9.59 Å². The van der Waals surface area contributed by atoms with Crippen molar-refractivity contribution in [2.24, 2.45) is 22.6 Å². The quantitative estimate of drug-likeness (QED) is 0.156. The van der Waals surface area contributed by atoms with Crippen LogP contribution in [0.3, 0.4) is 0 Å². The molecule has 8 heteroatoms. The number of nitrogens with two attached hydrogens (primary N) is 1. The van der Waals surface area contributed by atoms with E-state index in [1.807, 2.05) is 24.3 Å². The van der Waals surface area contributed by atoms with Crippen molar-refractivity contribution in [2.45, 2.75) is 89.1 Å². The van der Waals surface area contributed by atoms with Crippen LogP contribution in [0.15, 0.2) is 29.3 Å². The third kappa shape index (κ3) is 9.07. The summed E-state index contributed by atoms with van der Waals surface area (Å²) in [6.07, 6.45) is 14.8. The maximum absolute atomic E-state index is 12.5. The fraction of sp³-hybridized carbons (Fsp3) is 0.654. The van der Waals surface area contributed by atoms with Gasteiger partial charge in [0.1, 0.15) is 0 Å². The molecule has 7 nitrogen and oxygen atoms in total. The molecular formula is C26H40IN5O2. The van der Waals surface area contributed by atoms with Gasteiger partial charge in [-0.2, -0.15) is 0 Å². The Hall–Kier alpha value is -1.84. The number of urea groups is 1. The van der Waals surface area contributed by atoms with Crippen LogP contribution < -0.4 is 16.4 Å². The summed E-state index contributed by atoms with van der Waals surface area (Å²) >= 11 is 2.25. The summed E-state index contributed by atoms with van der Waals surface area (Å²) in [5.41, 5.74) is 6.90. The Morgan fingerprint density at radius 3 is 2.56 bits per heavy atom. The lowest BCUT2D eigenvalue weighted by Crippen LogP contribution is -2.41. The third-order valence-electron chi connectivity index (χ3n) is 7.29. The average molecular weight is 582 g/mol. The second-order valence-corrected chi connectivity index (χ2v) is 11.3. The fourth-order valence-corrected chi connectivity index (χ4v) is 5.74. The lowest BCUT2D eigenvalue weighted by atomic mass is 9.80. The normalized spacial score (nSPS) is 22.6. The van der Waals surface area contributed by atoms with E-state index in [4.69, 9.17) is 10.7 Å². The Morgan fingerprint density at radius 1 is 1.15 bits per heavy atom. The van der Waals surface area contributed by atoms with Gasteiger partial charge in [-0.05, 0) is 90.8 Å². The van der Waals surface area contributed by atoms with Crippen LogP contribution in [0.2, 0.25) is 0 Å². The molecule has 4 N–H and O–H groups in total. The van der Waals surface area contributed by atoms with Gasteiger partial charge in [-0.3, -0.25) is 9.69 Å². The molecule has 1 aromatic carbocycles. The van der Waals surface area contributed by atoms with Gasteiger partial charge in [0.25, 0.3) is 0 Å². The van der Waals surface area contributed by atoms with E-state index < -0.39 is 0 Å². The molecule has 0 saturated heterocycles. The van der Waals surface area contributed by atoms with Crippen LogP contribution in [0.4, 0.5) is 10.5 Å². The summed E-state index contributed by atoms with van der Waals surface area (Å²) in [7, 11) is 1.65. The van der Waals surface area contributed by atoms with Crippen LogP contribution in [-0.4, -0.2) is 42.4 Å². The highest BCUT2D eigenvalue weighted by molar-refractivity contribution is 14.1. The number of guanidine groups is 1. The Kier molecular flexibility index (Phi) is 10.9. The zero-order chi connectivity index (χ0) is 24.3. The monoisotopic (exact) mass is 581 g/mol. The fourth-order valence-electron chi connectivity index (χ4n) is 5.38. The van der Waals surface area contributed by atoms with E-state index in [0.29, 0.717) is 18.3 Å². The summed E-state index contributed by atoms with van der Waals surface area (Å²) in [5, 5.41) is 6.11. The highest BCUT2D eigenvalue weighted by atomic mass is 127. The molecule has 0 radical (unpaired) electrons. The van der Waals surface area contributed by atoms with Crippen LogP contribution >= 0.6 is 22.6 Å². The minimum atomic E-state index is -0.143. The first-order valence-electron chi connectivity index (χ1n) is 12.8. The number of nitrogens with zero attached hydrogens (tertiary/aromatic N) is 2. The number of hydrogen-bond donors (Lipinski definition) is 3. The van der Waals surface area contributed by atoms with Crippen molar-refractivity contribution in [3.63, 3.8) is 0 Å². The molecule has 0 bridgehead atoms. The van der Waals surface area contributed by atoms with Crippen LogP contribution in [0, 0.1) is 15.4 Å². The number of carbonyl (C=O) groups is 2. The number of amides is 3. The second-order valence-electron chi connectivity index (χ2n) is 10.0. The van der Waals surface area contributed by atoms with Crippen molar-refractivity contribution >= 4 is 46.7 Å². The first-order chi connectivity index (χ1) is 16.4. The second kappa shape index (κ2) is 13.9. The lowest BCUT2D eigenvalue weighted by Gasteiger charge is -2.32. The predicted molar refractivity (Wildman–Crippen MR) is 147 cm³/mol. The van der Waals surface area contributed by atoms with Crippen molar-refractivity contribution in [1.29, 1.82) is 0 Å². The number of anilines is 1.